The third-order valence-electron chi connectivity index (χ3n) is 6.57. The molecule has 0 amide bonds. The van der Waals surface area contributed by atoms with Crippen molar-refractivity contribution in [2.75, 3.05) is 47.0 Å². The first-order chi connectivity index (χ1) is 17.1. The van der Waals surface area contributed by atoms with Crippen molar-refractivity contribution in [2.24, 2.45) is 5.73 Å². The lowest BCUT2D eigenvalue weighted by Crippen LogP contribution is -2.40. The molecule has 10 heteroatoms. The van der Waals surface area contributed by atoms with E-state index in [4.69, 9.17) is 21.4 Å². The molecular weight excluding hydrogens is 440 g/mol. The number of rotatable bonds is 6. The molecule has 10 nitrogen and oxygen atoms in total. The zero-order valence-corrected chi connectivity index (χ0v) is 19.9. The molecule has 182 valence electrons. The number of pyridine rings is 1. The molecule has 2 aliphatic rings. The van der Waals surface area contributed by atoms with E-state index < -0.39 is 0 Å². The van der Waals surface area contributed by atoms with E-state index in [1.807, 2.05) is 18.2 Å². The lowest BCUT2D eigenvalue weighted by Gasteiger charge is -2.33. The van der Waals surface area contributed by atoms with Crippen molar-refractivity contribution >= 4 is 29.0 Å². The minimum Gasteiger partial charge on any atom is -0.382 e. The third kappa shape index (κ3) is 5.17. The maximum absolute atomic E-state index is 6.20. The van der Waals surface area contributed by atoms with Gasteiger partial charge in [-0.3, -0.25) is 0 Å². The van der Waals surface area contributed by atoms with Crippen molar-refractivity contribution < 1.29 is 0 Å². The van der Waals surface area contributed by atoms with E-state index in [0.29, 0.717) is 28.6 Å². The van der Waals surface area contributed by atoms with Gasteiger partial charge in [0.1, 0.15) is 11.4 Å². The fourth-order valence-electron chi connectivity index (χ4n) is 4.57. The molecule has 0 aliphatic carbocycles. The topological polar surface area (TPSA) is 135 Å². The van der Waals surface area contributed by atoms with Crippen LogP contribution >= 0.6 is 0 Å². The first kappa shape index (κ1) is 23.0. The third-order valence-corrected chi connectivity index (χ3v) is 6.57. The maximum Gasteiger partial charge on any atom is 0.225 e. The molecule has 0 aromatic carbocycles. The highest BCUT2D eigenvalue weighted by Crippen LogP contribution is 2.30. The van der Waals surface area contributed by atoms with Crippen molar-refractivity contribution in [1.82, 2.24) is 24.9 Å². The normalized spacial score (nSPS) is 16.8. The van der Waals surface area contributed by atoms with Crippen LogP contribution in [0.1, 0.15) is 37.8 Å². The highest BCUT2D eigenvalue weighted by molar-refractivity contribution is 5.82. The number of nitrogen functional groups attached to an aromatic ring is 1. The summed E-state index contributed by atoms with van der Waals surface area (Å²) in [4.78, 5) is 27.4. The van der Waals surface area contributed by atoms with E-state index in [9.17, 15) is 0 Å². The number of nitrogens with two attached hydrogens (primary N) is 2. The van der Waals surface area contributed by atoms with Crippen LogP contribution in [0.2, 0.25) is 0 Å². The molecule has 0 radical (unpaired) electrons. The van der Waals surface area contributed by atoms with Crippen molar-refractivity contribution in [3.8, 4) is 11.4 Å². The maximum atomic E-state index is 6.20. The van der Waals surface area contributed by atoms with Gasteiger partial charge < -0.3 is 26.6 Å². The van der Waals surface area contributed by atoms with E-state index in [1.54, 1.807) is 18.6 Å². The second kappa shape index (κ2) is 10.2. The minimum absolute atomic E-state index is 0.254. The van der Waals surface area contributed by atoms with Crippen LogP contribution in [0.5, 0.6) is 0 Å². The molecule has 0 unspecified atom stereocenters. The van der Waals surface area contributed by atoms with Crippen molar-refractivity contribution in [3.05, 3.63) is 49.1 Å². The fourth-order valence-corrected chi connectivity index (χ4v) is 4.57. The van der Waals surface area contributed by atoms with Crippen LogP contribution < -0.4 is 26.6 Å². The van der Waals surface area contributed by atoms with Gasteiger partial charge in [-0.1, -0.05) is 6.58 Å². The highest BCUT2D eigenvalue weighted by Gasteiger charge is 2.21. The summed E-state index contributed by atoms with van der Waals surface area (Å²) >= 11 is 0. The number of hydrogen-bond acceptors (Lipinski definition) is 10. The first-order valence-electron chi connectivity index (χ1n) is 12.2. The number of anilines is 4. The van der Waals surface area contributed by atoms with Crippen molar-refractivity contribution in [2.45, 2.75) is 38.1 Å². The lowest BCUT2D eigenvalue weighted by atomic mass is 10.1. The monoisotopic (exact) mass is 472 g/mol. The predicted octanol–water partition coefficient (Wildman–Crippen LogP) is 2.91. The number of nitrogens with zero attached hydrogens (tertiary/aromatic N) is 7. The Balaban J connectivity index is 1.38. The first-order valence-corrected chi connectivity index (χ1v) is 12.2. The van der Waals surface area contributed by atoms with Gasteiger partial charge in [0.2, 0.25) is 5.95 Å². The standard InChI is InChI=1S/C25H32N10/c1-17(31-24-21(6-5-10-28-24)34-14-8-18(26)9-15-34)22-23(27)30-16-20(32-22)19-7-11-29-25(33-19)35-12-3-2-4-13-35/h5-7,10-11,16,18H,1-4,8-9,12-15,26H2,(H2,27,30)(H,28,31). The summed E-state index contributed by atoms with van der Waals surface area (Å²) in [5, 5.41) is 3.32. The number of piperidine rings is 2. The van der Waals surface area contributed by atoms with Gasteiger partial charge in [-0.15, -0.1) is 0 Å². The molecule has 3 aromatic heterocycles. The summed E-state index contributed by atoms with van der Waals surface area (Å²) < 4.78 is 0. The van der Waals surface area contributed by atoms with Gasteiger partial charge in [-0.05, 0) is 50.3 Å². The zero-order valence-electron chi connectivity index (χ0n) is 19.9. The number of hydrogen-bond donors (Lipinski definition) is 3. The smallest absolute Gasteiger partial charge is 0.225 e. The fraction of sp³-hybridized carbons (Fsp3) is 0.400. The van der Waals surface area contributed by atoms with E-state index in [2.05, 4.69) is 36.6 Å². The van der Waals surface area contributed by atoms with Gasteiger partial charge >= 0.3 is 0 Å². The van der Waals surface area contributed by atoms with Gasteiger partial charge in [0.15, 0.2) is 11.6 Å². The second-order valence-electron chi connectivity index (χ2n) is 9.08. The quantitative estimate of drug-likeness (QED) is 0.491. The largest absolute Gasteiger partial charge is 0.382 e. The van der Waals surface area contributed by atoms with Crippen molar-refractivity contribution in [1.29, 1.82) is 0 Å². The van der Waals surface area contributed by atoms with E-state index in [1.165, 1.54) is 6.42 Å². The Morgan fingerprint density at radius 1 is 0.914 bits per heavy atom. The number of nitrogens with one attached hydrogen (secondary N) is 1. The Labute approximate surface area is 205 Å². The molecule has 5 heterocycles. The average molecular weight is 473 g/mol. The van der Waals surface area contributed by atoms with Crippen LogP contribution in [-0.2, 0) is 0 Å². The number of aromatic nitrogens is 5. The highest BCUT2D eigenvalue weighted by atomic mass is 15.3. The summed E-state index contributed by atoms with van der Waals surface area (Å²) in [6, 6.07) is 6.07. The van der Waals surface area contributed by atoms with Crippen LogP contribution in [0.4, 0.5) is 23.3 Å². The molecule has 0 spiro atoms. The lowest BCUT2D eigenvalue weighted by molar-refractivity contribution is 0.501. The van der Waals surface area contributed by atoms with Crippen molar-refractivity contribution in [3.63, 3.8) is 0 Å². The van der Waals surface area contributed by atoms with Crippen LogP contribution in [0, 0.1) is 0 Å². The Morgan fingerprint density at radius 3 is 2.51 bits per heavy atom. The van der Waals surface area contributed by atoms with Gasteiger partial charge in [0.25, 0.3) is 0 Å². The second-order valence-corrected chi connectivity index (χ2v) is 9.08. The molecule has 0 saturated carbocycles. The average Bonchev–Trinajstić information content (AvgIpc) is 2.90. The summed E-state index contributed by atoms with van der Waals surface area (Å²) in [5.74, 6) is 1.71. The molecule has 0 atom stereocenters. The van der Waals surface area contributed by atoms with Gasteiger partial charge in [0, 0.05) is 44.6 Å². The molecule has 5 N–H and O–H groups in total. The van der Waals surface area contributed by atoms with Crippen LogP contribution in [0.25, 0.3) is 17.1 Å². The van der Waals surface area contributed by atoms with Crippen LogP contribution in [0.15, 0.2) is 43.4 Å². The summed E-state index contributed by atoms with van der Waals surface area (Å²) in [7, 11) is 0. The summed E-state index contributed by atoms with van der Waals surface area (Å²) in [6.45, 7) is 7.91. The SMILES string of the molecule is C=C(Nc1ncccc1N1CCC(N)CC1)c1nc(-c2ccnc(N3CCCCC3)n2)cnc1N. The molecule has 3 aromatic rings. The van der Waals surface area contributed by atoms with E-state index >= 15 is 0 Å². The van der Waals surface area contributed by atoms with Crippen LogP contribution in [-0.4, -0.2) is 57.1 Å². The molecule has 35 heavy (non-hydrogen) atoms. The molecule has 2 saturated heterocycles. The van der Waals surface area contributed by atoms with Gasteiger partial charge in [-0.25, -0.2) is 24.9 Å². The Kier molecular flexibility index (Phi) is 6.71. The molecule has 5 rings (SSSR count). The molecule has 2 aliphatic heterocycles. The Morgan fingerprint density at radius 2 is 1.71 bits per heavy atom. The molecular formula is C25H32N10. The summed E-state index contributed by atoms with van der Waals surface area (Å²) in [5.41, 5.74) is 15.6. The summed E-state index contributed by atoms with van der Waals surface area (Å²) in [6.07, 6.45) is 10.6. The van der Waals surface area contributed by atoms with Crippen LogP contribution in [0.3, 0.4) is 0 Å². The Bertz CT molecular complexity index is 1180. The Hall–Kier alpha value is -3.79. The van der Waals surface area contributed by atoms with E-state index in [0.717, 1.165) is 63.5 Å². The van der Waals surface area contributed by atoms with Gasteiger partial charge in [-0.2, -0.15) is 0 Å². The van der Waals surface area contributed by atoms with E-state index in [-0.39, 0.29) is 11.9 Å². The predicted molar refractivity (Wildman–Crippen MR) is 140 cm³/mol. The molecule has 2 fully saturated rings. The van der Waals surface area contributed by atoms with Gasteiger partial charge in [0.05, 0.1) is 23.3 Å². The molecule has 0 bridgehead atoms. The minimum atomic E-state index is 0.254. The zero-order chi connectivity index (χ0) is 24.2.